The van der Waals surface area contributed by atoms with Crippen molar-refractivity contribution in [1.29, 1.82) is 0 Å². The van der Waals surface area contributed by atoms with Gasteiger partial charge >= 0.3 is 12.0 Å². The Balaban J connectivity index is 2.73. The Kier molecular flexibility index (Phi) is 0.946. The summed E-state index contributed by atoms with van der Waals surface area (Å²) in [7, 11) is 0. The fourth-order valence-corrected chi connectivity index (χ4v) is 0.345. The van der Waals surface area contributed by atoms with Crippen LogP contribution in [0.2, 0.25) is 0 Å². The molecule has 0 unspecified atom stereocenters. The molecule has 0 aliphatic carbocycles. The molecule has 1 amide bonds. The number of amides is 1. The highest BCUT2D eigenvalue weighted by Crippen LogP contribution is 1.79. The first-order valence-corrected chi connectivity index (χ1v) is 2.01. The van der Waals surface area contributed by atoms with Gasteiger partial charge in [0.05, 0.1) is 0 Å². The predicted molar refractivity (Wildman–Crippen MR) is 27.6 cm³/mol. The molecule has 1 heterocycles. The molecule has 3 N–H and O–H groups in total. The molecule has 0 saturated carbocycles. The fraction of sp³-hybridized carbons (Fsp3) is 0. The maximum atomic E-state index is 10.3. The topological polar surface area (TPSA) is 67.5 Å². The summed E-state index contributed by atoms with van der Waals surface area (Å²) in [5, 5.41) is 2.23. The average Bonchev–Trinajstić information content (AvgIpc) is 1.64. The molecule has 1 aliphatic rings. The third-order valence-electron chi connectivity index (χ3n) is 0.641. The van der Waals surface area contributed by atoms with E-state index in [0.29, 0.717) is 0 Å². The number of aliphatic imine (C=N–C) groups is 1. The molecular formula is C4H4N3O+. The van der Waals surface area contributed by atoms with E-state index in [-0.39, 0.29) is 11.9 Å². The molecule has 4 heteroatoms. The zero-order valence-electron chi connectivity index (χ0n) is 4.01. The monoisotopic (exact) mass is 110 g/mol. The van der Waals surface area contributed by atoms with Crippen molar-refractivity contribution < 1.29 is 4.79 Å². The fourth-order valence-electron chi connectivity index (χ4n) is 0.345. The SMILES string of the molecule is NC1=NC=[C+]C(=O)N1. The molecule has 0 atom stereocenters. The van der Waals surface area contributed by atoms with E-state index in [0.717, 1.165) is 0 Å². The van der Waals surface area contributed by atoms with E-state index in [1.165, 1.54) is 6.20 Å². The van der Waals surface area contributed by atoms with E-state index in [9.17, 15) is 4.79 Å². The second-order valence-corrected chi connectivity index (χ2v) is 1.24. The Bertz CT molecular complexity index is 170. The first-order chi connectivity index (χ1) is 3.79. The minimum absolute atomic E-state index is 0.119. The first-order valence-electron chi connectivity index (χ1n) is 2.01. The average molecular weight is 110 g/mol. The highest BCUT2D eigenvalue weighted by atomic mass is 16.1. The summed E-state index contributed by atoms with van der Waals surface area (Å²) in [6.45, 7) is 0. The zero-order valence-corrected chi connectivity index (χ0v) is 4.01. The van der Waals surface area contributed by atoms with Crippen molar-refractivity contribution in [2.24, 2.45) is 10.7 Å². The van der Waals surface area contributed by atoms with E-state index in [4.69, 9.17) is 5.73 Å². The van der Waals surface area contributed by atoms with Gasteiger partial charge in [-0.25, -0.2) is 10.1 Å². The summed E-state index contributed by atoms with van der Waals surface area (Å²) >= 11 is 0. The van der Waals surface area contributed by atoms with Gasteiger partial charge in [0.25, 0.3) is 6.20 Å². The number of carbonyl (C=O) groups is 1. The van der Waals surface area contributed by atoms with Crippen molar-refractivity contribution in [3.8, 4) is 0 Å². The van der Waals surface area contributed by atoms with Crippen LogP contribution in [-0.4, -0.2) is 11.9 Å². The number of carbonyl (C=O) groups excluding carboxylic acids is 1. The molecule has 0 aromatic heterocycles. The van der Waals surface area contributed by atoms with Crippen LogP contribution in [0, 0.1) is 6.08 Å². The van der Waals surface area contributed by atoms with Crippen molar-refractivity contribution in [3.63, 3.8) is 0 Å². The summed E-state index contributed by atoms with van der Waals surface area (Å²) in [4.78, 5) is 13.8. The molecule has 0 saturated heterocycles. The standard InChI is InChI=1S/C4H3N3O/c5-4-6-2-1-3(8)7-4/h2H,(H2-,5,6,7,8)/p+1. The smallest absolute Gasteiger partial charge is 0.369 e. The van der Waals surface area contributed by atoms with Gasteiger partial charge in [0.2, 0.25) is 5.96 Å². The van der Waals surface area contributed by atoms with Crippen LogP contribution < -0.4 is 11.1 Å². The van der Waals surface area contributed by atoms with Crippen LogP contribution >= 0.6 is 0 Å². The van der Waals surface area contributed by atoms with Crippen molar-refractivity contribution in [2.75, 3.05) is 0 Å². The van der Waals surface area contributed by atoms with Gasteiger partial charge in [0.1, 0.15) is 0 Å². The molecule has 8 heavy (non-hydrogen) atoms. The Hall–Kier alpha value is -1.41. The minimum atomic E-state index is -0.350. The summed E-state index contributed by atoms with van der Waals surface area (Å²) in [6.07, 6.45) is 3.50. The predicted octanol–water partition coefficient (Wildman–Crippen LogP) is -1.25. The van der Waals surface area contributed by atoms with Crippen LogP contribution in [0.3, 0.4) is 0 Å². The number of rotatable bonds is 0. The van der Waals surface area contributed by atoms with Crippen molar-refractivity contribution in [2.45, 2.75) is 0 Å². The van der Waals surface area contributed by atoms with Crippen LogP contribution in [0.4, 0.5) is 0 Å². The molecular weight excluding hydrogens is 106 g/mol. The summed E-state index contributed by atoms with van der Waals surface area (Å²) in [5.74, 6) is -0.230. The van der Waals surface area contributed by atoms with E-state index < -0.39 is 0 Å². The summed E-state index contributed by atoms with van der Waals surface area (Å²) in [6, 6.07) is 0. The second kappa shape index (κ2) is 1.60. The van der Waals surface area contributed by atoms with E-state index in [2.05, 4.69) is 16.4 Å². The second-order valence-electron chi connectivity index (χ2n) is 1.24. The van der Waals surface area contributed by atoms with Crippen LogP contribution in [-0.2, 0) is 4.79 Å². The number of nitrogens with one attached hydrogen (secondary N) is 1. The Morgan fingerprint density at radius 1 is 1.88 bits per heavy atom. The third kappa shape index (κ3) is 0.802. The molecule has 1 rings (SSSR count). The van der Waals surface area contributed by atoms with E-state index >= 15 is 0 Å². The van der Waals surface area contributed by atoms with Gasteiger partial charge in [-0.1, -0.05) is 0 Å². The van der Waals surface area contributed by atoms with Crippen LogP contribution in [0.5, 0.6) is 0 Å². The van der Waals surface area contributed by atoms with Gasteiger partial charge < -0.3 is 5.73 Å². The Morgan fingerprint density at radius 2 is 2.62 bits per heavy atom. The lowest BCUT2D eigenvalue weighted by molar-refractivity contribution is -0.115. The Morgan fingerprint density at radius 3 is 3.00 bits per heavy atom. The number of hydrogen-bond donors (Lipinski definition) is 2. The zero-order chi connectivity index (χ0) is 5.98. The van der Waals surface area contributed by atoms with Crippen molar-refractivity contribution in [1.82, 2.24) is 5.32 Å². The molecule has 0 spiro atoms. The molecule has 1 aliphatic heterocycles. The van der Waals surface area contributed by atoms with Gasteiger partial charge in [0.15, 0.2) is 0 Å². The molecule has 0 bridgehead atoms. The number of hydrogen-bond acceptors (Lipinski definition) is 3. The first kappa shape index (κ1) is 4.74. The maximum Gasteiger partial charge on any atom is 0.498 e. The summed E-state index contributed by atoms with van der Waals surface area (Å²) < 4.78 is 0. The quantitative estimate of drug-likeness (QED) is 0.382. The van der Waals surface area contributed by atoms with Crippen LogP contribution in [0.25, 0.3) is 0 Å². The number of guanidine groups is 1. The van der Waals surface area contributed by atoms with Crippen LogP contribution in [0.15, 0.2) is 11.2 Å². The molecule has 0 radical (unpaired) electrons. The molecule has 4 nitrogen and oxygen atoms in total. The van der Waals surface area contributed by atoms with Gasteiger partial charge in [-0.2, -0.15) is 4.99 Å². The molecule has 40 valence electrons. The minimum Gasteiger partial charge on any atom is -0.369 e. The number of nitrogens with zero attached hydrogens (tertiary/aromatic N) is 1. The van der Waals surface area contributed by atoms with Crippen molar-refractivity contribution >= 4 is 11.9 Å². The van der Waals surface area contributed by atoms with E-state index in [1.807, 2.05) is 0 Å². The van der Waals surface area contributed by atoms with Crippen LogP contribution in [0.1, 0.15) is 0 Å². The highest BCUT2D eigenvalue weighted by Gasteiger charge is 2.15. The van der Waals surface area contributed by atoms with Crippen molar-refractivity contribution in [3.05, 3.63) is 12.3 Å². The maximum absolute atomic E-state index is 10.3. The highest BCUT2D eigenvalue weighted by molar-refractivity contribution is 6.01. The molecule has 0 fully saturated rings. The van der Waals surface area contributed by atoms with Gasteiger partial charge in [-0.05, 0) is 0 Å². The molecule has 0 aromatic rings. The lowest BCUT2D eigenvalue weighted by Gasteiger charge is -1.91. The third-order valence-corrected chi connectivity index (χ3v) is 0.641. The summed E-state index contributed by atoms with van der Waals surface area (Å²) in [5.41, 5.74) is 5.07. The van der Waals surface area contributed by atoms with Gasteiger partial charge in [-0.3, -0.25) is 0 Å². The normalized spacial score (nSPS) is 16.5. The largest absolute Gasteiger partial charge is 0.498 e. The van der Waals surface area contributed by atoms with Gasteiger partial charge in [-0.15, -0.1) is 0 Å². The Labute approximate surface area is 46.1 Å². The lowest BCUT2D eigenvalue weighted by Crippen LogP contribution is -2.37. The lowest BCUT2D eigenvalue weighted by atomic mass is 10.5. The van der Waals surface area contributed by atoms with Gasteiger partial charge in [0, 0.05) is 0 Å². The number of nitrogens with two attached hydrogens (primary N) is 1. The molecule has 0 aromatic carbocycles. The van der Waals surface area contributed by atoms with E-state index in [1.54, 1.807) is 0 Å².